The Hall–Kier alpha value is -3.54. The highest BCUT2D eigenvalue weighted by Gasteiger charge is 2.21. The van der Waals surface area contributed by atoms with Crippen LogP contribution in [-0.4, -0.2) is 24.4 Å². The van der Waals surface area contributed by atoms with Gasteiger partial charge in [-0.05, 0) is 32.7 Å². The van der Waals surface area contributed by atoms with E-state index in [9.17, 15) is 9.90 Å². The fourth-order valence-corrected chi connectivity index (χ4v) is 2.93. The van der Waals surface area contributed by atoms with Gasteiger partial charge in [-0.3, -0.25) is 4.99 Å². The summed E-state index contributed by atoms with van der Waals surface area (Å²) in [5.74, 6) is -0.340. The number of furan rings is 1. The van der Waals surface area contributed by atoms with Gasteiger partial charge in [-0.15, -0.1) is 0 Å². The van der Waals surface area contributed by atoms with Gasteiger partial charge in [0.05, 0.1) is 12.8 Å². The van der Waals surface area contributed by atoms with Gasteiger partial charge in [0.15, 0.2) is 5.42 Å². The monoisotopic (exact) mass is 364 g/mol. The van der Waals surface area contributed by atoms with E-state index in [1.165, 1.54) is 6.20 Å². The smallest absolute Gasteiger partial charge is 0.376 e. The number of anilines is 2. The number of ether oxygens (including phenoxy) is 1. The largest absolute Gasteiger partial charge is 0.507 e. The number of carbonyl (C=O) groups excluding carboxylic acids is 1. The molecular formula is C21H20N2O4. The molecule has 0 unspecified atom stereocenters. The minimum absolute atomic E-state index is 0.0528. The molecule has 27 heavy (non-hydrogen) atoms. The Bertz CT molecular complexity index is 1130. The van der Waals surface area contributed by atoms with Gasteiger partial charge in [-0.25, -0.2) is 4.79 Å². The van der Waals surface area contributed by atoms with Gasteiger partial charge < -0.3 is 19.6 Å². The molecule has 0 bridgehead atoms. The van der Waals surface area contributed by atoms with Crippen molar-refractivity contribution >= 4 is 47.1 Å². The molecule has 2 N–H and O–H groups in total. The van der Waals surface area contributed by atoms with Crippen LogP contribution in [0.25, 0.3) is 23.0 Å². The van der Waals surface area contributed by atoms with Gasteiger partial charge in [0.1, 0.15) is 11.4 Å². The van der Waals surface area contributed by atoms with E-state index in [2.05, 4.69) is 17.0 Å². The van der Waals surface area contributed by atoms with Crippen molar-refractivity contribution in [3.05, 3.63) is 52.8 Å². The highest BCUT2D eigenvalue weighted by atomic mass is 16.5. The quantitative estimate of drug-likeness (QED) is 0.536. The molecule has 1 heterocycles. The zero-order valence-corrected chi connectivity index (χ0v) is 15.2. The predicted octanol–water partition coefficient (Wildman–Crippen LogP) is 3.30. The minimum atomic E-state index is -0.574. The summed E-state index contributed by atoms with van der Waals surface area (Å²) in [7, 11) is 0. The molecule has 0 aliphatic carbocycles. The maximum absolute atomic E-state index is 12.4. The van der Waals surface area contributed by atoms with Gasteiger partial charge in [-0.1, -0.05) is 30.3 Å². The number of nitrogens with zero attached hydrogens (tertiary/aromatic N) is 1. The molecule has 0 aliphatic heterocycles. The van der Waals surface area contributed by atoms with Crippen molar-refractivity contribution in [2.24, 2.45) is 4.99 Å². The molecular weight excluding hydrogens is 344 g/mol. The highest BCUT2D eigenvalue weighted by molar-refractivity contribution is 6.01. The van der Waals surface area contributed by atoms with Crippen LogP contribution >= 0.6 is 0 Å². The number of phenols is 1. The fourth-order valence-electron chi connectivity index (χ4n) is 2.93. The summed E-state index contributed by atoms with van der Waals surface area (Å²) in [6.45, 7) is 7.23. The Balaban J connectivity index is 2.23. The Kier molecular flexibility index (Phi) is 5.26. The summed E-state index contributed by atoms with van der Waals surface area (Å²) in [5.41, 5.74) is 1.60. The molecule has 0 saturated heterocycles. The first-order valence-corrected chi connectivity index (χ1v) is 8.50. The van der Waals surface area contributed by atoms with Crippen LogP contribution in [0.15, 0.2) is 45.8 Å². The van der Waals surface area contributed by atoms with Crippen molar-refractivity contribution in [1.82, 2.24) is 0 Å². The highest BCUT2D eigenvalue weighted by Crippen LogP contribution is 2.31. The molecule has 1 aromatic heterocycles. The summed E-state index contributed by atoms with van der Waals surface area (Å²) < 4.78 is 10.8. The molecule has 0 aliphatic rings. The third kappa shape index (κ3) is 3.42. The number of esters is 1. The molecule has 3 aromatic rings. The Morgan fingerprint density at radius 1 is 1.30 bits per heavy atom. The molecule has 138 valence electrons. The first kappa shape index (κ1) is 18.3. The second-order valence-electron chi connectivity index (χ2n) is 5.71. The lowest BCUT2D eigenvalue weighted by atomic mass is 10.1. The summed E-state index contributed by atoms with van der Waals surface area (Å²) in [5, 5.41) is 15.5. The zero-order valence-electron chi connectivity index (χ0n) is 15.2. The number of carbonyl (C=O) groups is 1. The molecule has 0 atom stereocenters. The first-order chi connectivity index (χ1) is 13.1. The van der Waals surface area contributed by atoms with Crippen LogP contribution in [0.1, 0.15) is 24.4 Å². The van der Waals surface area contributed by atoms with E-state index in [0.29, 0.717) is 21.7 Å². The number of aromatic hydroxyl groups is 1. The van der Waals surface area contributed by atoms with E-state index in [-0.39, 0.29) is 18.1 Å². The lowest BCUT2D eigenvalue weighted by molar-refractivity contribution is 0.0490. The number of hydrogen-bond donors (Lipinski definition) is 2. The van der Waals surface area contributed by atoms with Crippen LogP contribution < -0.4 is 16.0 Å². The molecule has 0 amide bonds. The maximum atomic E-state index is 12.4. The number of aliphatic imine (C=N–C) groups is 1. The molecule has 0 radical (unpaired) electrons. The van der Waals surface area contributed by atoms with Crippen molar-refractivity contribution in [3.8, 4) is 5.75 Å². The Labute approximate surface area is 156 Å². The molecule has 0 fully saturated rings. The van der Waals surface area contributed by atoms with Gasteiger partial charge >= 0.3 is 5.97 Å². The molecule has 0 saturated carbocycles. The van der Waals surface area contributed by atoms with Crippen LogP contribution in [0.4, 0.5) is 11.4 Å². The van der Waals surface area contributed by atoms with Gasteiger partial charge in [-0.2, -0.15) is 0 Å². The normalized spacial score (nSPS) is 12.4. The van der Waals surface area contributed by atoms with Crippen LogP contribution in [0.2, 0.25) is 0 Å². The average molecular weight is 364 g/mol. The van der Waals surface area contributed by atoms with Gasteiger partial charge in [0, 0.05) is 21.7 Å². The minimum Gasteiger partial charge on any atom is -0.507 e. The summed E-state index contributed by atoms with van der Waals surface area (Å²) >= 11 is 0. The third-order valence-corrected chi connectivity index (χ3v) is 4.09. The van der Waals surface area contributed by atoms with Crippen molar-refractivity contribution in [1.29, 1.82) is 0 Å². The summed E-state index contributed by atoms with van der Waals surface area (Å²) in [6.07, 6.45) is 3.26. The molecule has 6 heteroatoms. The number of fused-ring (bicyclic) bond motifs is 1. The van der Waals surface area contributed by atoms with Crippen molar-refractivity contribution in [3.63, 3.8) is 0 Å². The SMILES string of the molecule is C=N/C=c1/oc(C(=O)OCC)c(Nc2cccc3c(O)cccc23)/c1=C/C. The maximum Gasteiger partial charge on any atom is 0.376 e. The van der Waals surface area contributed by atoms with Crippen LogP contribution in [0.5, 0.6) is 5.75 Å². The number of hydrogen-bond acceptors (Lipinski definition) is 6. The number of rotatable bonds is 5. The van der Waals surface area contributed by atoms with E-state index in [0.717, 1.165) is 11.1 Å². The second-order valence-corrected chi connectivity index (χ2v) is 5.71. The topological polar surface area (TPSA) is 84.1 Å². The zero-order chi connectivity index (χ0) is 19.4. The molecule has 2 aromatic carbocycles. The van der Waals surface area contributed by atoms with E-state index < -0.39 is 5.97 Å². The van der Waals surface area contributed by atoms with E-state index in [4.69, 9.17) is 9.15 Å². The number of nitrogens with one attached hydrogen (secondary N) is 1. The molecule has 3 rings (SSSR count). The molecule has 0 spiro atoms. The van der Waals surface area contributed by atoms with Crippen LogP contribution in [0, 0.1) is 0 Å². The van der Waals surface area contributed by atoms with Gasteiger partial charge in [0.25, 0.3) is 0 Å². The summed E-state index contributed by atoms with van der Waals surface area (Å²) in [6, 6.07) is 10.8. The number of phenolic OH excluding ortho intramolecular Hbond substituents is 1. The summed E-state index contributed by atoms with van der Waals surface area (Å²) in [4.78, 5) is 16.1. The second kappa shape index (κ2) is 7.78. The number of benzene rings is 2. The first-order valence-electron chi connectivity index (χ1n) is 8.50. The molecule has 6 nitrogen and oxygen atoms in total. The Morgan fingerprint density at radius 2 is 2.04 bits per heavy atom. The van der Waals surface area contributed by atoms with Crippen LogP contribution in [-0.2, 0) is 4.74 Å². The van der Waals surface area contributed by atoms with E-state index >= 15 is 0 Å². The van der Waals surface area contributed by atoms with Crippen LogP contribution in [0.3, 0.4) is 0 Å². The van der Waals surface area contributed by atoms with Gasteiger partial charge in [0.2, 0.25) is 5.76 Å². The Morgan fingerprint density at radius 3 is 2.74 bits per heavy atom. The van der Waals surface area contributed by atoms with E-state index in [1.54, 1.807) is 19.1 Å². The fraction of sp³-hybridized carbons (Fsp3) is 0.143. The van der Waals surface area contributed by atoms with Crippen molar-refractivity contribution in [2.75, 3.05) is 11.9 Å². The van der Waals surface area contributed by atoms with Crippen molar-refractivity contribution in [2.45, 2.75) is 13.8 Å². The third-order valence-electron chi connectivity index (χ3n) is 4.09. The average Bonchev–Trinajstić information content (AvgIpc) is 3.00. The lowest BCUT2D eigenvalue weighted by Gasteiger charge is -2.10. The standard InChI is InChI=1S/C21H20N2O4/c1-4-13-18(12-22-3)27-20(21(25)26-5-2)19(13)23-16-10-6-9-15-14(16)8-7-11-17(15)24/h4,6-12,23-24H,3,5H2,1-2H3/b13-4+,18-12+. The lowest BCUT2D eigenvalue weighted by Crippen LogP contribution is -2.21. The van der Waals surface area contributed by atoms with E-state index in [1.807, 2.05) is 37.3 Å². The van der Waals surface area contributed by atoms with Crippen molar-refractivity contribution < 1.29 is 19.1 Å². The predicted molar refractivity (Wildman–Crippen MR) is 107 cm³/mol.